The van der Waals surface area contributed by atoms with Crippen molar-refractivity contribution in [3.63, 3.8) is 0 Å². The summed E-state index contributed by atoms with van der Waals surface area (Å²) in [5.41, 5.74) is 6.07. The first-order chi connectivity index (χ1) is 6.40. The maximum Gasteiger partial charge on any atom is 0.259 e. The highest BCUT2D eigenvalue weighted by Gasteiger charge is 2.06. The maximum atomic E-state index is 5.33. The van der Waals surface area contributed by atoms with Crippen molar-refractivity contribution in [2.24, 2.45) is 5.73 Å². The lowest BCUT2D eigenvalue weighted by Gasteiger charge is -1.88. The Morgan fingerprint density at radius 1 is 1.38 bits per heavy atom. The van der Waals surface area contributed by atoms with Gasteiger partial charge in [0, 0.05) is 0 Å². The van der Waals surface area contributed by atoms with Crippen LogP contribution in [0.1, 0.15) is 5.82 Å². The smallest absolute Gasteiger partial charge is 0.259 e. The predicted molar refractivity (Wildman–Crippen MR) is 43.2 cm³/mol. The van der Waals surface area contributed by atoms with Gasteiger partial charge in [0.15, 0.2) is 5.82 Å². The van der Waals surface area contributed by atoms with E-state index < -0.39 is 0 Å². The van der Waals surface area contributed by atoms with Crippen LogP contribution in [0.15, 0.2) is 23.0 Å². The first kappa shape index (κ1) is 7.81. The van der Waals surface area contributed by atoms with Crippen LogP contribution < -0.4 is 5.73 Å². The molecule has 0 atom stereocenters. The molecule has 2 rings (SSSR count). The molecule has 2 aromatic heterocycles. The summed E-state index contributed by atoms with van der Waals surface area (Å²) in [7, 11) is 0. The van der Waals surface area contributed by atoms with E-state index >= 15 is 0 Å². The summed E-state index contributed by atoms with van der Waals surface area (Å²) in [4.78, 5) is 4.03. The van der Waals surface area contributed by atoms with Gasteiger partial charge in [0.2, 0.25) is 0 Å². The van der Waals surface area contributed by atoms with Gasteiger partial charge in [-0.05, 0) is 6.07 Å². The Balaban J connectivity index is 2.36. The molecule has 0 saturated carbocycles. The summed E-state index contributed by atoms with van der Waals surface area (Å²) in [6.45, 7) is 0.266. The lowest BCUT2D eigenvalue weighted by molar-refractivity contribution is 0.422. The Hall–Kier alpha value is -1.82. The van der Waals surface area contributed by atoms with E-state index in [-0.39, 0.29) is 6.54 Å². The minimum absolute atomic E-state index is 0.266. The number of nitrogens with zero attached hydrogens (tertiary/aromatic N) is 4. The summed E-state index contributed by atoms with van der Waals surface area (Å²) in [5.74, 6) is 0.891. The van der Waals surface area contributed by atoms with Crippen LogP contribution in [0.2, 0.25) is 0 Å². The number of hydrogen-bond donors (Lipinski definition) is 1. The Labute approximate surface area is 73.8 Å². The highest BCUT2D eigenvalue weighted by atomic mass is 16.5. The lowest BCUT2D eigenvalue weighted by Crippen LogP contribution is -1.97. The molecule has 2 heterocycles. The fourth-order valence-electron chi connectivity index (χ4n) is 0.871. The Bertz CT molecular complexity index is 385. The average Bonchev–Trinajstić information content (AvgIpc) is 2.67. The largest absolute Gasteiger partial charge is 0.334 e. The third-order valence-electron chi connectivity index (χ3n) is 1.48. The zero-order valence-corrected chi connectivity index (χ0v) is 6.71. The van der Waals surface area contributed by atoms with Gasteiger partial charge in [-0.2, -0.15) is 15.2 Å². The molecule has 0 unspecified atom stereocenters. The monoisotopic (exact) mass is 177 g/mol. The molecule has 0 saturated heterocycles. The van der Waals surface area contributed by atoms with Crippen molar-refractivity contribution in [1.29, 1.82) is 0 Å². The van der Waals surface area contributed by atoms with E-state index in [2.05, 4.69) is 20.3 Å². The third kappa shape index (κ3) is 1.52. The molecule has 13 heavy (non-hydrogen) atoms. The van der Waals surface area contributed by atoms with Crippen LogP contribution in [0.5, 0.6) is 0 Å². The second-order valence-electron chi connectivity index (χ2n) is 2.35. The molecule has 2 N–H and O–H groups in total. The molecular formula is C7H7N5O. The predicted octanol–water partition coefficient (Wildman–Crippen LogP) is -0.0147. The molecule has 0 aromatic carbocycles. The molecule has 0 aliphatic heterocycles. The summed E-state index contributed by atoms with van der Waals surface area (Å²) >= 11 is 0. The minimum Gasteiger partial charge on any atom is -0.334 e. The van der Waals surface area contributed by atoms with E-state index in [1.807, 2.05) is 0 Å². The summed E-state index contributed by atoms with van der Waals surface area (Å²) in [5, 5.41) is 11.0. The lowest BCUT2D eigenvalue weighted by atomic mass is 10.3. The molecule has 0 aliphatic rings. The second-order valence-corrected chi connectivity index (χ2v) is 2.35. The second kappa shape index (κ2) is 3.28. The van der Waals surface area contributed by atoms with Crippen LogP contribution >= 0.6 is 0 Å². The van der Waals surface area contributed by atoms with Gasteiger partial charge in [-0.25, -0.2) is 0 Å². The van der Waals surface area contributed by atoms with Crippen molar-refractivity contribution in [2.45, 2.75) is 6.54 Å². The van der Waals surface area contributed by atoms with Crippen molar-refractivity contribution >= 4 is 0 Å². The number of aromatic nitrogens is 4. The van der Waals surface area contributed by atoms with Crippen LogP contribution in [0, 0.1) is 0 Å². The van der Waals surface area contributed by atoms with Crippen LogP contribution in [-0.2, 0) is 6.54 Å². The molecule has 0 amide bonds. The SMILES string of the molecule is NCc1noc(-c2ccnnc2)n1. The normalized spacial score (nSPS) is 10.2. The van der Waals surface area contributed by atoms with Gasteiger partial charge in [0.1, 0.15) is 0 Å². The van der Waals surface area contributed by atoms with E-state index in [4.69, 9.17) is 10.3 Å². The molecule has 0 aliphatic carbocycles. The summed E-state index contributed by atoms with van der Waals surface area (Å²) in [6.07, 6.45) is 3.11. The van der Waals surface area contributed by atoms with Gasteiger partial charge in [0.25, 0.3) is 5.89 Å². The van der Waals surface area contributed by atoms with Crippen molar-refractivity contribution in [3.05, 3.63) is 24.3 Å². The quantitative estimate of drug-likeness (QED) is 0.693. The molecule has 6 nitrogen and oxygen atoms in total. The van der Waals surface area contributed by atoms with Crippen LogP contribution in [0.3, 0.4) is 0 Å². The fraction of sp³-hybridized carbons (Fsp3) is 0.143. The Kier molecular flexibility index (Phi) is 1.97. The van der Waals surface area contributed by atoms with Crippen molar-refractivity contribution < 1.29 is 4.52 Å². The molecule has 0 spiro atoms. The fourth-order valence-corrected chi connectivity index (χ4v) is 0.871. The topological polar surface area (TPSA) is 90.7 Å². The average molecular weight is 177 g/mol. The molecule has 0 fully saturated rings. The van der Waals surface area contributed by atoms with Crippen LogP contribution in [-0.4, -0.2) is 20.3 Å². The Morgan fingerprint density at radius 2 is 2.31 bits per heavy atom. The van der Waals surface area contributed by atoms with Crippen molar-refractivity contribution in [3.8, 4) is 11.5 Å². The summed E-state index contributed by atoms with van der Waals surface area (Å²) < 4.78 is 4.93. The summed E-state index contributed by atoms with van der Waals surface area (Å²) in [6, 6.07) is 1.74. The highest BCUT2D eigenvalue weighted by Crippen LogP contribution is 2.13. The van der Waals surface area contributed by atoms with Crippen molar-refractivity contribution in [1.82, 2.24) is 20.3 Å². The standard InChI is InChI=1S/C7H7N5O/c8-3-6-11-7(13-12-6)5-1-2-9-10-4-5/h1-2,4H,3,8H2. The van der Waals surface area contributed by atoms with Crippen LogP contribution in [0.25, 0.3) is 11.5 Å². The van der Waals surface area contributed by atoms with Gasteiger partial charge >= 0.3 is 0 Å². The van der Waals surface area contributed by atoms with E-state index in [1.54, 1.807) is 18.5 Å². The van der Waals surface area contributed by atoms with E-state index in [1.165, 1.54) is 0 Å². The molecular weight excluding hydrogens is 170 g/mol. The van der Waals surface area contributed by atoms with E-state index in [0.717, 1.165) is 5.56 Å². The molecule has 6 heteroatoms. The van der Waals surface area contributed by atoms with Gasteiger partial charge in [-0.1, -0.05) is 5.16 Å². The first-order valence-corrected chi connectivity index (χ1v) is 3.70. The maximum absolute atomic E-state index is 5.33. The molecule has 0 bridgehead atoms. The van der Waals surface area contributed by atoms with E-state index in [9.17, 15) is 0 Å². The van der Waals surface area contributed by atoms with Crippen molar-refractivity contribution in [2.75, 3.05) is 0 Å². The van der Waals surface area contributed by atoms with Gasteiger partial charge < -0.3 is 10.3 Å². The number of hydrogen-bond acceptors (Lipinski definition) is 6. The first-order valence-electron chi connectivity index (χ1n) is 3.70. The zero-order valence-electron chi connectivity index (χ0n) is 6.71. The van der Waals surface area contributed by atoms with Crippen LogP contribution in [0.4, 0.5) is 0 Å². The Morgan fingerprint density at radius 3 is 2.92 bits per heavy atom. The number of nitrogens with two attached hydrogens (primary N) is 1. The van der Waals surface area contributed by atoms with E-state index in [0.29, 0.717) is 11.7 Å². The molecule has 0 radical (unpaired) electrons. The zero-order chi connectivity index (χ0) is 9.10. The molecule has 2 aromatic rings. The minimum atomic E-state index is 0.266. The third-order valence-corrected chi connectivity index (χ3v) is 1.48. The van der Waals surface area contributed by atoms with Gasteiger partial charge in [-0.3, -0.25) is 0 Å². The van der Waals surface area contributed by atoms with Gasteiger partial charge in [-0.15, -0.1) is 0 Å². The number of rotatable bonds is 2. The highest BCUT2D eigenvalue weighted by molar-refractivity contribution is 5.49. The molecule has 66 valence electrons. The van der Waals surface area contributed by atoms with Gasteiger partial charge in [0.05, 0.1) is 24.5 Å².